The number of hydrogen-bond donors (Lipinski definition) is 0. The van der Waals surface area contributed by atoms with Crippen LogP contribution in [0.2, 0.25) is 0 Å². The molecule has 2 amide bonds. The minimum atomic E-state index is -0.505. The average molecular weight is 510 g/mol. The number of carbonyl (C=O) groups excluding carboxylic acids is 2. The molecule has 190 valence electrons. The molecule has 2 atom stereocenters. The zero-order chi connectivity index (χ0) is 26.8. The SMILES string of the molecule is CC1CC(N(C(=O)c2ccc([N+](=O)[O-])cc2)c2ccccc2)c2ccccc2N1C(=O)c1ccc(F)cc1. The van der Waals surface area contributed by atoms with Crippen LogP contribution in [0.1, 0.15) is 45.7 Å². The van der Waals surface area contributed by atoms with E-state index >= 15 is 0 Å². The van der Waals surface area contributed by atoms with E-state index in [1.54, 1.807) is 9.80 Å². The molecular weight excluding hydrogens is 485 g/mol. The van der Waals surface area contributed by atoms with Gasteiger partial charge in [-0.25, -0.2) is 4.39 Å². The van der Waals surface area contributed by atoms with Crippen LogP contribution in [-0.4, -0.2) is 22.8 Å². The zero-order valence-electron chi connectivity index (χ0n) is 20.5. The molecule has 4 aromatic rings. The van der Waals surface area contributed by atoms with Crippen LogP contribution in [0.4, 0.5) is 21.5 Å². The van der Waals surface area contributed by atoms with Crippen LogP contribution in [0.5, 0.6) is 0 Å². The van der Waals surface area contributed by atoms with Crippen LogP contribution in [0.15, 0.2) is 103 Å². The van der Waals surface area contributed by atoms with E-state index in [4.69, 9.17) is 0 Å². The Hall–Kier alpha value is -4.85. The van der Waals surface area contributed by atoms with Gasteiger partial charge in [-0.2, -0.15) is 0 Å². The minimum absolute atomic E-state index is 0.0978. The Labute approximate surface area is 218 Å². The van der Waals surface area contributed by atoms with Crippen LogP contribution in [0, 0.1) is 15.9 Å². The van der Waals surface area contributed by atoms with E-state index in [1.165, 1.54) is 48.5 Å². The first-order valence-electron chi connectivity index (χ1n) is 12.2. The van der Waals surface area contributed by atoms with Crippen molar-refractivity contribution in [1.82, 2.24) is 0 Å². The highest BCUT2D eigenvalue weighted by atomic mass is 19.1. The van der Waals surface area contributed by atoms with E-state index in [0.29, 0.717) is 28.9 Å². The summed E-state index contributed by atoms with van der Waals surface area (Å²) in [5.74, 6) is -0.982. The second-order valence-corrected chi connectivity index (χ2v) is 9.16. The van der Waals surface area contributed by atoms with E-state index in [2.05, 4.69) is 0 Å². The van der Waals surface area contributed by atoms with Crippen molar-refractivity contribution in [3.8, 4) is 0 Å². The molecule has 8 heteroatoms. The number of nitrogens with zero attached hydrogens (tertiary/aromatic N) is 3. The summed E-state index contributed by atoms with van der Waals surface area (Å²) in [5.41, 5.74) is 2.71. The maximum Gasteiger partial charge on any atom is 0.269 e. The smallest absolute Gasteiger partial charge is 0.269 e. The molecule has 1 heterocycles. The molecule has 0 saturated carbocycles. The zero-order valence-corrected chi connectivity index (χ0v) is 20.5. The predicted molar refractivity (Wildman–Crippen MR) is 143 cm³/mol. The third-order valence-electron chi connectivity index (χ3n) is 6.76. The summed E-state index contributed by atoms with van der Waals surface area (Å²) < 4.78 is 13.5. The highest BCUT2D eigenvalue weighted by Gasteiger charge is 2.39. The molecule has 38 heavy (non-hydrogen) atoms. The maximum absolute atomic E-state index is 14.0. The largest absolute Gasteiger partial charge is 0.305 e. The van der Waals surface area contributed by atoms with Gasteiger partial charge < -0.3 is 9.80 Å². The summed E-state index contributed by atoms with van der Waals surface area (Å²) in [5, 5.41) is 11.1. The minimum Gasteiger partial charge on any atom is -0.305 e. The number of fused-ring (bicyclic) bond motifs is 1. The van der Waals surface area contributed by atoms with Gasteiger partial charge in [-0.3, -0.25) is 19.7 Å². The average Bonchev–Trinajstić information content (AvgIpc) is 2.94. The van der Waals surface area contributed by atoms with Gasteiger partial charge in [-0.15, -0.1) is 0 Å². The number of carbonyl (C=O) groups is 2. The maximum atomic E-state index is 14.0. The first kappa shape index (κ1) is 24.8. The Balaban J connectivity index is 1.58. The third kappa shape index (κ3) is 4.64. The fourth-order valence-electron chi connectivity index (χ4n) is 4.96. The predicted octanol–water partition coefficient (Wildman–Crippen LogP) is 6.56. The fraction of sp³-hybridized carbons (Fsp3) is 0.133. The number of anilines is 2. The number of non-ortho nitro benzene ring substituents is 1. The molecule has 0 bridgehead atoms. The molecule has 0 radical (unpaired) electrons. The fourth-order valence-corrected chi connectivity index (χ4v) is 4.96. The van der Waals surface area contributed by atoms with Crippen LogP contribution >= 0.6 is 0 Å². The van der Waals surface area contributed by atoms with Crippen molar-refractivity contribution in [1.29, 1.82) is 0 Å². The number of benzene rings is 4. The van der Waals surface area contributed by atoms with E-state index in [-0.39, 0.29) is 23.5 Å². The molecule has 0 aliphatic carbocycles. The lowest BCUT2D eigenvalue weighted by Gasteiger charge is -2.43. The summed E-state index contributed by atoms with van der Waals surface area (Å²) in [6, 6.07) is 27.0. The molecular formula is C30H24FN3O4. The second kappa shape index (κ2) is 10.3. The van der Waals surface area contributed by atoms with Crippen molar-refractivity contribution in [3.05, 3.63) is 136 Å². The van der Waals surface area contributed by atoms with Gasteiger partial charge in [0.2, 0.25) is 0 Å². The number of nitro groups is 1. The number of hydrogen-bond acceptors (Lipinski definition) is 4. The highest BCUT2D eigenvalue weighted by molar-refractivity contribution is 6.09. The first-order valence-corrected chi connectivity index (χ1v) is 12.2. The molecule has 0 aromatic heterocycles. The van der Waals surface area contributed by atoms with Crippen molar-refractivity contribution in [2.24, 2.45) is 0 Å². The monoisotopic (exact) mass is 509 g/mol. The molecule has 5 rings (SSSR count). The van der Waals surface area contributed by atoms with Gasteiger partial charge >= 0.3 is 0 Å². The first-order chi connectivity index (χ1) is 18.3. The van der Waals surface area contributed by atoms with Gasteiger partial charge in [-0.1, -0.05) is 36.4 Å². The Morgan fingerprint density at radius 1 is 0.868 bits per heavy atom. The normalized spacial score (nSPS) is 16.4. The third-order valence-corrected chi connectivity index (χ3v) is 6.76. The van der Waals surface area contributed by atoms with Crippen LogP contribution in [-0.2, 0) is 0 Å². The molecule has 2 unspecified atom stereocenters. The lowest BCUT2D eigenvalue weighted by molar-refractivity contribution is -0.384. The van der Waals surface area contributed by atoms with E-state index in [0.717, 1.165) is 5.56 Å². The van der Waals surface area contributed by atoms with Crippen molar-refractivity contribution < 1.29 is 18.9 Å². The summed E-state index contributed by atoms with van der Waals surface area (Å²) in [4.78, 5) is 41.5. The molecule has 1 aliphatic rings. The summed E-state index contributed by atoms with van der Waals surface area (Å²) in [6.07, 6.45) is 0.442. The van der Waals surface area contributed by atoms with E-state index in [1.807, 2.05) is 61.5 Å². The second-order valence-electron chi connectivity index (χ2n) is 9.16. The van der Waals surface area contributed by atoms with E-state index < -0.39 is 16.8 Å². The summed E-state index contributed by atoms with van der Waals surface area (Å²) in [7, 11) is 0. The topological polar surface area (TPSA) is 83.8 Å². The Morgan fingerprint density at radius 2 is 1.47 bits per heavy atom. The highest BCUT2D eigenvalue weighted by Crippen LogP contribution is 2.43. The molecule has 1 aliphatic heterocycles. The molecule has 0 saturated heterocycles. The van der Waals surface area contributed by atoms with Crippen molar-refractivity contribution in [2.75, 3.05) is 9.80 Å². The van der Waals surface area contributed by atoms with Crippen molar-refractivity contribution in [3.63, 3.8) is 0 Å². The number of halogens is 1. The van der Waals surface area contributed by atoms with Crippen LogP contribution in [0.25, 0.3) is 0 Å². The number of nitro benzene ring substituents is 1. The van der Waals surface area contributed by atoms with Crippen LogP contribution < -0.4 is 9.80 Å². The number of para-hydroxylation sites is 2. The van der Waals surface area contributed by atoms with Crippen molar-refractivity contribution in [2.45, 2.75) is 25.4 Å². The van der Waals surface area contributed by atoms with E-state index in [9.17, 15) is 24.1 Å². The molecule has 0 fully saturated rings. The number of rotatable bonds is 5. The standard InChI is InChI=1S/C30H24FN3O4/c1-20-19-28(26-9-5-6-10-27(26)32(20)29(35)21-11-15-23(31)16-12-21)33(24-7-3-2-4-8-24)30(36)22-13-17-25(18-14-22)34(37)38/h2-18,20,28H,19H2,1H3. The lowest BCUT2D eigenvalue weighted by atomic mass is 9.89. The molecule has 4 aromatic carbocycles. The van der Waals surface area contributed by atoms with Gasteiger partial charge in [0.1, 0.15) is 5.82 Å². The van der Waals surface area contributed by atoms with Gasteiger partial charge in [0.15, 0.2) is 0 Å². The Bertz CT molecular complexity index is 1490. The van der Waals surface area contributed by atoms with Gasteiger partial charge in [-0.05, 0) is 73.5 Å². The molecule has 0 N–H and O–H groups in total. The Kier molecular flexibility index (Phi) is 6.70. The number of amides is 2. The molecule has 0 spiro atoms. The van der Waals surface area contributed by atoms with Gasteiger partial charge in [0.05, 0.1) is 11.0 Å². The molecule has 7 nitrogen and oxygen atoms in total. The van der Waals surface area contributed by atoms with Crippen LogP contribution in [0.3, 0.4) is 0 Å². The Morgan fingerprint density at radius 3 is 2.13 bits per heavy atom. The summed E-state index contributed by atoms with van der Waals surface area (Å²) >= 11 is 0. The van der Waals surface area contributed by atoms with Crippen molar-refractivity contribution >= 4 is 28.9 Å². The lowest BCUT2D eigenvalue weighted by Crippen LogP contribution is -2.47. The van der Waals surface area contributed by atoms with Gasteiger partial charge in [0.25, 0.3) is 17.5 Å². The quantitative estimate of drug-likeness (QED) is 0.225. The van der Waals surface area contributed by atoms with Gasteiger partial charge in [0, 0.05) is 40.7 Å². The summed E-state index contributed by atoms with van der Waals surface area (Å²) in [6.45, 7) is 1.92.